The predicted octanol–water partition coefficient (Wildman–Crippen LogP) is 3.14. The number of benzene rings is 1. The van der Waals surface area contributed by atoms with Crippen LogP contribution >= 0.6 is 0 Å². The van der Waals surface area contributed by atoms with Crippen molar-refractivity contribution in [2.45, 2.75) is 47.0 Å². The first kappa shape index (κ1) is 17.2. The van der Waals surface area contributed by atoms with Crippen molar-refractivity contribution < 1.29 is 9.59 Å². The molecule has 0 atom stereocenters. The summed E-state index contributed by atoms with van der Waals surface area (Å²) in [4.78, 5) is 26.1. The first-order valence-corrected chi connectivity index (χ1v) is 7.73. The molecule has 116 valence electrons. The number of hydrogen-bond acceptors (Lipinski definition) is 2. The lowest BCUT2D eigenvalue weighted by molar-refractivity contribution is -0.143. The summed E-state index contributed by atoms with van der Waals surface area (Å²) in [5.41, 5.74) is 2.80. The maximum Gasteiger partial charge on any atom is 0.313 e. The second-order valence-corrected chi connectivity index (χ2v) is 5.21. The van der Waals surface area contributed by atoms with E-state index < -0.39 is 11.8 Å². The third-order valence-electron chi connectivity index (χ3n) is 3.45. The lowest BCUT2D eigenvalue weighted by Crippen LogP contribution is -2.40. The van der Waals surface area contributed by atoms with Crippen molar-refractivity contribution in [1.82, 2.24) is 4.90 Å². The Morgan fingerprint density at radius 2 is 1.71 bits per heavy atom. The van der Waals surface area contributed by atoms with E-state index >= 15 is 0 Å². The lowest BCUT2D eigenvalue weighted by atomic mass is 10.1. The SMILES string of the molecule is CCCN(CCC)C(=O)C(=O)Nc1c(C)cccc1CC. The highest BCUT2D eigenvalue weighted by molar-refractivity contribution is 6.39. The number of hydrogen-bond donors (Lipinski definition) is 1. The molecule has 0 aliphatic heterocycles. The highest BCUT2D eigenvalue weighted by atomic mass is 16.2. The van der Waals surface area contributed by atoms with Crippen molar-refractivity contribution in [1.29, 1.82) is 0 Å². The van der Waals surface area contributed by atoms with Gasteiger partial charge in [0.1, 0.15) is 0 Å². The van der Waals surface area contributed by atoms with Crippen molar-refractivity contribution >= 4 is 17.5 Å². The van der Waals surface area contributed by atoms with Crippen LogP contribution in [0, 0.1) is 6.92 Å². The van der Waals surface area contributed by atoms with E-state index in [1.54, 1.807) is 4.90 Å². The van der Waals surface area contributed by atoms with Gasteiger partial charge in [-0.25, -0.2) is 0 Å². The first-order valence-electron chi connectivity index (χ1n) is 7.73. The number of carbonyl (C=O) groups excluding carboxylic acids is 2. The van der Waals surface area contributed by atoms with Crippen LogP contribution in [0.5, 0.6) is 0 Å². The van der Waals surface area contributed by atoms with Gasteiger partial charge in [-0.15, -0.1) is 0 Å². The van der Waals surface area contributed by atoms with Gasteiger partial charge in [0.2, 0.25) is 0 Å². The predicted molar refractivity (Wildman–Crippen MR) is 86.3 cm³/mol. The van der Waals surface area contributed by atoms with Gasteiger partial charge in [0.25, 0.3) is 0 Å². The zero-order valence-corrected chi connectivity index (χ0v) is 13.5. The van der Waals surface area contributed by atoms with Crippen LogP contribution in [0.1, 0.15) is 44.7 Å². The Morgan fingerprint density at radius 3 is 2.24 bits per heavy atom. The maximum absolute atomic E-state index is 12.3. The topological polar surface area (TPSA) is 49.4 Å². The minimum atomic E-state index is -0.541. The number of rotatable bonds is 6. The molecule has 0 heterocycles. The Hall–Kier alpha value is -1.84. The van der Waals surface area contributed by atoms with Gasteiger partial charge in [0, 0.05) is 18.8 Å². The lowest BCUT2D eigenvalue weighted by Gasteiger charge is -2.21. The van der Waals surface area contributed by atoms with E-state index in [1.165, 1.54) is 0 Å². The molecule has 0 aliphatic rings. The average Bonchev–Trinajstić information content (AvgIpc) is 2.48. The number of anilines is 1. The summed E-state index contributed by atoms with van der Waals surface area (Å²) in [5.74, 6) is -0.982. The van der Waals surface area contributed by atoms with Gasteiger partial charge in [0.05, 0.1) is 0 Å². The molecule has 0 saturated carbocycles. The molecule has 0 bridgehead atoms. The molecule has 1 aromatic carbocycles. The minimum Gasteiger partial charge on any atom is -0.334 e. The molecule has 0 aromatic heterocycles. The summed E-state index contributed by atoms with van der Waals surface area (Å²) in [5, 5.41) is 2.80. The number of para-hydroxylation sites is 1. The number of nitrogens with zero attached hydrogens (tertiary/aromatic N) is 1. The molecule has 0 unspecified atom stereocenters. The Morgan fingerprint density at radius 1 is 1.10 bits per heavy atom. The monoisotopic (exact) mass is 290 g/mol. The largest absolute Gasteiger partial charge is 0.334 e. The second kappa shape index (κ2) is 8.45. The smallest absolute Gasteiger partial charge is 0.313 e. The number of nitrogens with one attached hydrogen (secondary N) is 1. The summed E-state index contributed by atoms with van der Waals surface area (Å²) < 4.78 is 0. The minimum absolute atomic E-state index is 0.441. The molecule has 4 nitrogen and oxygen atoms in total. The van der Waals surface area contributed by atoms with Crippen molar-refractivity contribution in [3.63, 3.8) is 0 Å². The van der Waals surface area contributed by atoms with Gasteiger partial charge in [-0.05, 0) is 37.3 Å². The molecule has 4 heteroatoms. The van der Waals surface area contributed by atoms with Gasteiger partial charge in [-0.1, -0.05) is 39.0 Å². The summed E-state index contributed by atoms with van der Waals surface area (Å²) in [7, 11) is 0. The molecule has 0 radical (unpaired) electrons. The van der Waals surface area contributed by atoms with Crippen molar-refractivity contribution in [2.24, 2.45) is 0 Å². The summed E-state index contributed by atoms with van der Waals surface area (Å²) in [6, 6.07) is 5.88. The van der Waals surface area contributed by atoms with Gasteiger partial charge < -0.3 is 10.2 Å². The zero-order chi connectivity index (χ0) is 15.8. The van der Waals surface area contributed by atoms with Gasteiger partial charge in [-0.3, -0.25) is 9.59 Å². The molecule has 1 rings (SSSR count). The Kier molecular flexibility index (Phi) is 6.92. The van der Waals surface area contributed by atoms with Crippen LogP contribution in [0.3, 0.4) is 0 Å². The maximum atomic E-state index is 12.3. The molecule has 0 fully saturated rings. The van der Waals surface area contributed by atoms with E-state index in [0.29, 0.717) is 13.1 Å². The van der Waals surface area contributed by atoms with Crippen LogP contribution in [-0.2, 0) is 16.0 Å². The summed E-state index contributed by atoms with van der Waals surface area (Å²) in [6.07, 6.45) is 2.52. The molecule has 0 spiro atoms. The number of amides is 2. The standard InChI is InChI=1S/C17H26N2O2/c1-5-11-19(12-6-2)17(21)16(20)18-15-13(4)9-8-10-14(15)7-3/h8-10H,5-7,11-12H2,1-4H3,(H,18,20). The molecular weight excluding hydrogens is 264 g/mol. The van der Waals surface area contributed by atoms with Crippen LogP contribution < -0.4 is 5.32 Å². The van der Waals surface area contributed by atoms with Gasteiger partial charge in [-0.2, -0.15) is 0 Å². The third-order valence-corrected chi connectivity index (χ3v) is 3.45. The summed E-state index contributed by atoms with van der Waals surface area (Å²) >= 11 is 0. The first-order chi connectivity index (χ1) is 10.0. The van der Waals surface area contributed by atoms with Crippen LogP contribution in [0.2, 0.25) is 0 Å². The van der Waals surface area contributed by atoms with E-state index in [4.69, 9.17) is 0 Å². The van der Waals surface area contributed by atoms with Crippen LogP contribution in [0.25, 0.3) is 0 Å². The van der Waals surface area contributed by atoms with Gasteiger partial charge in [0.15, 0.2) is 0 Å². The van der Waals surface area contributed by atoms with Crippen molar-refractivity contribution in [3.05, 3.63) is 29.3 Å². The van der Waals surface area contributed by atoms with E-state index in [2.05, 4.69) is 5.32 Å². The Bertz CT molecular complexity index is 492. The van der Waals surface area contributed by atoms with Crippen molar-refractivity contribution in [3.8, 4) is 0 Å². The van der Waals surface area contributed by atoms with Gasteiger partial charge >= 0.3 is 11.8 Å². The Labute approximate surface area is 127 Å². The van der Waals surface area contributed by atoms with E-state index in [1.807, 2.05) is 45.9 Å². The second-order valence-electron chi connectivity index (χ2n) is 5.21. The molecule has 0 saturated heterocycles. The van der Waals surface area contributed by atoms with Crippen LogP contribution in [0.15, 0.2) is 18.2 Å². The Balaban J connectivity index is 2.87. The molecule has 0 aliphatic carbocycles. The normalized spacial score (nSPS) is 10.3. The zero-order valence-electron chi connectivity index (χ0n) is 13.5. The summed E-state index contributed by atoms with van der Waals surface area (Å²) in [6.45, 7) is 9.22. The van der Waals surface area contributed by atoms with Crippen molar-refractivity contribution in [2.75, 3.05) is 18.4 Å². The average molecular weight is 290 g/mol. The number of carbonyl (C=O) groups is 2. The molecule has 21 heavy (non-hydrogen) atoms. The highest BCUT2D eigenvalue weighted by Gasteiger charge is 2.21. The highest BCUT2D eigenvalue weighted by Crippen LogP contribution is 2.21. The van der Waals surface area contributed by atoms with Crippen LogP contribution in [-0.4, -0.2) is 29.8 Å². The third kappa shape index (κ3) is 4.59. The number of aryl methyl sites for hydroxylation is 2. The van der Waals surface area contributed by atoms with E-state index in [0.717, 1.165) is 36.1 Å². The quantitative estimate of drug-likeness (QED) is 0.818. The molecule has 1 N–H and O–H groups in total. The van der Waals surface area contributed by atoms with Crippen LogP contribution in [0.4, 0.5) is 5.69 Å². The fraction of sp³-hybridized carbons (Fsp3) is 0.529. The molecule has 2 amide bonds. The molecule has 1 aromatic rings. The fourth-order valence-electron chi connectivity index (χ4n) is 2.37. The molecular formula is C17H26N2O2. The van der Waals surface area contributed by atoms with E-state index in [9.17, 15) is 9.59 Å². The van der Waals surface area contributed by atoms with E-state index in [-0.39, 0.29) is 0 Å². The fourth-order valence-corrected chi connectivity index (χ4v) is 2.37.